The molecule has 0 spiro atoms. The van der Waals surface area contributed by atoms with Crippen LogP contribution in [0.2, 0.25) is 0 Å². The molecule has 0 aliphatic rings. The smallest absolute Gasteiger partial charge is 0.304 e. The van der Waals surface area contributed by atoms with Crippen LogP contribution in [0.5, 0.6) is 0 Å². The summed E-state index contributed by atoms with van der Waals surface area (Å²) < 4.78 is 0. The Morgan fingerprint density at radius 2 is 1.23 bits per heavy atom. The maximum atomic E-state index is 10.2. The average molecular weight is 300 g/mol. The summed E-state index contributed by atoms with van der Waals surface area (Å²) in [6, 6.07) is 0. The maximum Gasteiger partial charge on any atom is 0.304 e. The van der Waals surface area contributed by atoms with Gasteiger partial charge in [-0.3, -0.25) is 4.79 Å². The minimum atomic E-state index is -0.812. The molecule has 22 heavy (non-hydrogen) atoms. The van der Waals surface area contributed by atoms with E-state index in [1.54, 1.807) is 0 Å². The molecule has 0 aromatic rings. The van der Waals surface area contributed by atoms with Gasteiger partial charge in [0.15, 0.2) is 0 Å². The summed E-state index contributed by atoms with van der Waals surface area (Å²) in [5.74, 6) is 16.9. The number of aliphatic carboxylic acids is 1. The van der Waals surface area contributed by atoms with Gasteiger partial charge in [-0.15, -0.1) is 11.8 Å². The second kappa shape index (κ2) is 17.2. The molecule has 0 radical (unpaired) electrons. The summed E-state index contributed by atoms with van der Waals surface area (Å²) in [5, 5.41) is 8.43. The lowest BCUT2D eigenvalue weighted by Gasteiger charge is -1.94. The molecule has 0 saturated heterocycles. The van der Waals surface area contributed by atoms with Gasteiger partial charge in [-0.2, -0.15) is 0 Å². The molecule has 2 nitrogen and oxygen atoms in total. The lowest BCUT2D eigenvalue weighted by Crippen LogP contribution is -1.91. The topological polar surface area (TPSA) is 37.3 Å². The molecular weight excluding hydrogens is 272 g/mol. The van der Waals surface area contributed by atoms with Gasteiger partial charge >= 0.3 is 5.97 Å². The van der Waals surface area contributed by atoms with Crippen molar-refractivity contribution in [1.29, 1.82) is 0 Å². The molecule has 0 aromatic heterocycles. The van der Waals surface area contributed by atoms with E-state index in [-0.39, 0.29) is 6.42 Å². The number of hydrogen-bond acceptors (Lipinski definition) is 1. The van der Waals surface area contributed by atoms with Crippen LogP contribution >= 0.6 is 0 Å². The molecule has 1 N–H and O–H groups in total. The molecular formula is C20H28O2. The van der Waals surface area contributed by atoms with E-state index in [9.17, 15) is 4.79 Å². The Balaban J connectivity index is 3.35. The molecule has 0 fully saturated rings. The molecule has 0 bridgehead atoms. The average Bonchev–Trinajstić information content (AvgIpc) is 2.50. The second-order valence-corrected chi connectivity index (χ2v) is 5.22. The normalized spacial score (nSPS) is 8.77. The van der Waals surface area contributed by atoms with Gasteiger partial charge in [-0.05, 0) is 31.1 Å². The van der Waals surface area contributed by atoms with Crippen molar-refractivity contribution in [3.63, 3.8) is 0 Å². The third kappa shape index (κ3) is 18.1. The van der Waals surface area contributed by atoms with E-state index in [1.807, 2.05) is 0 Å². The molecule has 2 heteroatoms. The zero-order valence-corrected chi connectivity index (χ0v) is 13.8. The van der Waals surface area contributed by atoms with E-state index in [0.29, 0.717) is 6.42 Å². The van der Waals surface area contributed by atoms with E-state index in [1.165, 1.54) is 38.5 Å². The molecule has 0 unspecified atom stereocenters. The van der Waals surface area contributed by atoms with Crippen molar-refractivity contribution in [2.24, 2.45) is 0 Å². The quantitative estimate of drug-likeness (QED) is 0.465. The van der Waals surface area contributed by atoms with Gasteiger partial charge in [0.2, 0.25) is 0 Å². The van der Waals surface area contributed by atoms with Crippen LogP contribution in [0, 0.1) is 35.5 Å². The fraction of sp³-hybridized carbons (Fsp3) is 0.650. The van der Waals surface area contributed by atoms with Crippen LogP contribution in [0.1, 0.15) is 84.0 Å². The second-order valence-electron chi connectivity index (χ2n) is 5.22. The summed E-state index contributed by atoms with van der Waals surface area (Å²) in [6.45, 7) is 2.21. The molecule has 0 rings (SSSR count). The van der Waals surface area contributed by atoms with Crippen molar-refractivity contribution in [1.82, 2.24) is 0 Å². The van der Waals surface area contributed by atoms with Gasteiger partial charge in [0.25, 0.3) is 0 Å². The number of carbonyl (C=O) groups is 1. The fourth-order valence-electron chi connectivity index (χ4n) is 1.80. The highest BCUT2D eigenvalue weighted by molar-refractivity contribution is 5.67. The zero-order valence-electron chi connectivity index (χ0n) is 13.8. The molecule has 0 aliphatic carbocycles. The van der Waals surface area contributed by atoms with Gasteiger partial charge in [0.1, 0.15) is 0 Å². The SMILES string of the molecule is CCCCCC#CCCCCCCC#CC#CCCC(=O)O. The molecule has 0 heterocycles. The number of carboxylic acid groups (broad SMARTS) is 1. The lowest BCUT2D eigenvalue weighted by atomic mass is 10.1. The number of hydrogen-bond donors (Lipinski definition) is 1. The number of carboxylic acids is 1. The highest BCUT2D eigenvalue weighted by Gasteiger charge is 1.90. The van der Waals surface area contributed by atoms with Gasteiger partial charge < -0.3 is 5.11 Å². The lowest BCUT2D eigenvalue weighted by molar-refractivity contribution is -0.136. The van der Waals surface area contributed by atoms with Crippen molar-refractivity contribution in [2.45, 2.75) is 84.0 Å². The third-order valence-electron chi connectivity index (χ3n) is 3.09. The first kappa shape index (κ1) is 20.1. The first-order valence-corrected chi connectivity index (χ1v) is 8.40. The molecule has 0 saturated carbocycles. The van der Waals surface area contributed by atoms with Gasteiger partial charge in [0, 0.05) is 25.7 Å². The summed E-state index contributed by atoms with van der Waals surface area (Å²) in [6.07, 6.45) is 11.9. The molecule has 0 aliphatic heterocycles. The van der Waals surface area contributed by atoms with E-state index < -0.39 is 5.97 Å². The Labute approximate surface area is 136 Å². The summed E-state index contributed by atoms with van der Waals surface area (Å²) in [5.41, 5.74) is 0. The standard InChI is InChI=1S/C20H28O2/c1-2-3-4-5-6-7-8-9-10-11-12-13-14-15-16-17-18-19-20(21)22/h2-5,8-13,18-19H2,1H3,(H,21,22). The predicted octanol–water partition coefficient (Wildman–Crippen LogP) is 4.78. The minimum absolute atomic E-state index is 0.0934. The first-order valence-electron chi connectivity index (χ1n) is 8.40. The van der Waals surface area contributed by atoms with Crippen LogP contribution in [-0.4, -0.2) is 11.1 Å². The van der Waals surface area contributed by atoms with Crippen molar-refractivity contribution in [3.8, 4) is 35.5 Å². The Kier molecular flexibility index (Phi) is 15.8. The largest absolute Gasteiger partial charge is 0.481 e. The number of rotatable bonds is 10. The van der Waals surface area contributed by atoms with E-state index in [0.717, 1.165) is 25.7 Å². The van der Waals surface area contributed by atoms with Crippen LogP contribution in [0.4, 0.5) is 0 Å². The maximum absolute atomic E-state index is 10.2. The Hall–Kier alpha value is -1.85. The van der Waals surface area contributed by atoms with Crippen LogP contribution in [0.15, 0.2) is 0 Å². The Morgan fingerprint density at radius 3 is 1.77 bits per heavy atom. The Bertz CT molecular complexity index is 457. The van der Waals surface area contributed by atoms with Crippen LogP contribution < -0.4 is 0 Å². The van der Waals surface area contributed by atoms with Gasteiger partial charge in [-0.1, -0.05) is 44.4 Å². The third-order valence-corrected chi connectivity index (χ3v) is 3.09. The van der Waals surface area contributed by atoms with E-state index in [2.05, 4.69) is 42.4 Å². The first-order chi connectivity index (χ1) is 10.8. The summed E-state index contributed by atoms with van der Waals surface area (Å²) in [4.78, 5) is 10.2. The Morgan fingerprint density at radius 1 is 0.727 bits per heavy atom. The molecule has 0 amide bonds. The van der Waals surface area contributed by atoms with Crippen molar-refractivity contribution >= 4 is 5.97 Å². The fourth-order valence-corrected chi connectivity index (χ4v) is 1.80. The van der Waals surface area contributed by atoms with Gasteiger partial charge in [-0.25, -0.2) is 0 Å². The molecule has 120 valence electrons. The van der Waals surface area contributed by atoms with Gasteiger partial charge in [0.05, 0.1) is 6.42 Å². The van der Waals surface area contributed by atoms with Crippen LogP contribution in [-0.2, 0) is 4.79 Å². The molecule has 0 atom stereocenters. The highest BCUT2D eigenvalue weighted by atomic mass is 16.4. The molecule has 0 aromatic carbocycles. The highest BCUT2D eigenvalue weighted by Crippen LogP contribution is 2.04. The summed E-state index contributed by atoms with van der Waals surface area (Å²) >= 11 is 0. The predicted molar refractivity (Wildman–Crippen MR) is 92.0 cm³/mol. The van der Waals surface area contributed by atoms with E-state index in [4.69, 9.17) is 5.11 Å². The van der Waals surface area contributed by atoms with Crippen molar-refractivity contribution < 1.29 is 9.90 Å². The van der Waals surface area contributed by atoms with Crippen molar-refractivity contribution in [2.75, 3.05) is 0 Å². The zero-order chi connectivity index (χ0) is 16.3. The monoisotopic (exact) mass is 300 g/mol. The van der Waals surface area contributed by atoms with E-state index >= 15 is 0 Å². The minimum Gasteiger partial charge on any atom is -0.481 e. The van der Waals surface area contributed by atoms with Crippen molar-refractivity contribution in [3.05, 3.63) is 0 Å². The van der Waals surface area contributed by atoms with Crippen LogP contribution in [0.25, 0.3) is 0 Å². The summed E-state index contributed by atoms with van der Waals surface area (Å²) in [7, 11) is 0. The number of unbranched alkanes of at least 4 members (excludes halogenated alkanes) is 8. The van der Waals surface area contributed by atoms with Crippen LogP contribution in [0.3, 0.4) is 0 Å².